The summed E-state index contributed by atoms with van der Waals surface area (Å²) >= 11 is 0. The van der Waals surface area contributed by atoms with Crippen LogP contribution < -0.4 is 19.5 Å². The first kappa shape index (κ1) is 25.7. The molecule has 0 bridgehead atoms. The number of H-pyrrole nitrogens is 1. The number of benzene rings is 4. The van der Waals surface area contributed by atoms with E-state index in [2.05, 4.69) is 16.4 Å². The zero-order valence-corrected chi connectivity index (χ0v) is 21.8. The molecule has 6 rings (SSSR count). The first-order valence-corrected chi connectivity index (χ1v) is 13.4. The molecule has 1 aromatic heterocycles. The van der Waals surface area contributed by atoms with E-state index in [-0.39, 0.29) is 18.3 Å². The van der Waals surface area contributed by atoms with Crippen LogP contribution in [0.2, 0.25) is 0 Å². The van der Waals surface area contributed by atoms with Gasteiger partial charge < -0.3 is 34.7 Å². The number of aromatic amines is 1. The van der Waals surface area contributed by atoms with E-state index < -0.39 is 12.1 Å². The van der Waals surface area contributed by atoms with Crippen LogP contribution in [0.4, 0.5) is 0 Å². The molecule has 2 atom stereocenters. The van der Waals surface area contributed by atoms with Gasteiger partial charge in [0.2, 0.25) is 0 Å². The quantitative estimate of drug-likeness (QED) is 0.185. The Labute approximate surface area is 231 Å². The normalized spacial score (nSPS) is 15.4. The summed E-state index contributed by atoms with van der Waals surface area (Å²) in [4.78, 5) is 14.9. The van der Waals surface area contributed by atoms with Crippen molar-refractivity contribution in [1.29, 1.82) is 0 Å². The summed E-state index contributed by atoms with van der Waals surface area (Å²) in [5.74, 6) is 1.37. The Hall–Kier alpha value is -4.53. The third-order valence-electron chi connectivity index (χ3n) is 7.08. The first-order chi connectivity index (χ1) is 19.5. The number of hydrogen-bond acceptors (Lipinski definition) is 6. The van der Waals surface area contributed by atoms with Crippen LogP contribution in [-0.4, -0.2) is 53.1 Å². The minimum absolute atomic E-state index is 0.0277. The van der Waals surface area contributed by atoms with Crippen molar-refractivity contribution in [2.45, 2.75) is 25.0 Å². The van der Waals surface area contributed by atoms with Crippen LogP contribution in [0.1, 0.15) is 22.3 Å². The number of aliphatic hydroxyl groups excluding tert-OH is 1. The molecule has 8 heteroatoms. The number of ether oxygens (including phenoxy) is 3. The Kier molecular flexibility index (Phi) is 7.27. The highest BCUT2D eigenvalue weighted by Crippen LogP contribution is 2.34. The lowest BCUT2D eigenvalue weighted by atomic mass is 10.0. The van der Waals surface area contributed by atoms with E-state index >= 15 is 0 Å². The van der Waals surface area contributed by atoms with Gasteiger partial charge in [-0.05, 0) is 66.9 Å². The molecule has 2 heterocycles. The molecule has 4 aromatic carbocycles. The number of hydrogen-bond donors (Lipinski definition) is 4. The molecule has 204 valence electrons. The monoisotopic (exact) mass is 538 g/mol. The number of aryl methyl sites for hydroxylation is 1. The number of carboxylic acids is 1. The fourth-order valence-corrected chi connectivity index (χ4v) is 5.13. The standard InChI is InChI=1S/C32H30N2O6/c35-21(19-38-30-11-5-9-27-31(30)24-6-1-3-8-26(24)34-27)17-33-18-23-13-12-20-16-22(14-15-28(20)40-23)39-29-10-4-2-7-25(29)32(36)37/h1-11,14-16,21,23,33-35H,12-13,17-19H2,(H,36,37)/t21-,23+/m0/s1. The zero-order chi connectivity index (χ0) is 27.5. The highest BCUT2D eigenvalue weighted by Gasteiger charge is 2.21. The van der Waals surface area contributed by atoms with E-state index in [1.807, 2.05) is 48.5 Å². The second kappa shape index (κ2) is 11.3. The molecule has 8 nitrogen and oxygen atoms in total. The zero-order valence-electron chi connectivity index (χ0n) is 21.8. The van der Waals surface area contributed by atoms with Gasteiger partial charge in [-0.25, -0.2) is 4.79 Å². The lowest BCUT2D eigenvalue weighted by Gasteiger charge is -2.27. The maximum absolute atomic E-state index is 11.5. The van der Waals surface area contributed by atoms with Crippen molar-refractivity contribution in [3.05, 3.63) is 96.1 Å². The van der Waals surface area contributed by atoms with Crippen molar-refractivity contribution in [3.8, 4) is 23.0 Å². The fourth-order valence-electron chi connectivity index (χ4n) is 5.13. The van der Waals surface area contributed by atoms with Crippen molar-refractivity contribution in [3.63, 3.8) is 0 Å². The molecule has 1 aliphatic rings. The molecule has 0 saturated carbocycles. The summed E-state index contributed by atoms with van der Waals surface area (Å²) < 4.78 is 18.0. The minimum atomic E-state index is -1.03. The Morgan fingerprint density at radius 2 is 1.80 bits per heavy atom. The van der Waals surface area contributed by atoms with Gasteiger partial charge >= 0.3 is 5.97 Å². The summed E-state index contributed by atoms with van der Waals surface area (Å²) in [6.45, 7) is 1.15. The predicted octanol–water partition coefficient (Wildman–Crippen LogP) is 5.53. The SMILES string of the molecule is O=C(O)c1ccccc1Oc1ccc2c(c1)CC[C@H](CNC[C@H](O)COc1cccc3[nH]c4ccccc4c13)O2. The van der Waals surface area contributed by atoms with Gasteiger partial charge in [0.25, 0.3) is 0 Å². The molecule has 5 aromatic rings. The van der Waals surface area contributed by atoms with Gasteiger partial charge in [0.1, 0.15) is 47.4 Å². The van der Waals surface area contributed by atoms with Crippen molar-refractivity contribution in [2.75, 3.05) is 19.7 Å². The van der Waals surface area contributed by atoms with Crippen molar-refractivity contribution >= 4 is 27.8 Å². The number of para-hydroxylation sites is 2. The Balaban J connectivity index is 0.999. The fraction of sp³-hybridized carbons (Fsp3) is 0.219. The number of fused-ring (bicyclic) bond motifs is 4. The number of aliphatic hydroxyl groups is 1. The van der Waals surface area contributed by atoms with Crippen LogP contribution in [-0.2, 0) is 6.42 Å². The molecule has 0 saturated heterocycles. The summed E-state index contributed by atoms with van der Waals surface area (Å²) in [6.07, 6.45) is 0.911. The molecule has 1 aliphatic heterocycles. The molecule has 4 N–H and O–H groups in total. The Bertz CT molecular complexity index is 1660. The van der Waals surface area contributed by atoms with E-state index in [0.29, 0.717) is 24.6 Å². The average Bonchev–Trinajstić information content (AvgIpc) is 3.36. The number of aromatic nitrogens is 1. The number of aromatic carboxylic acids is 1. The third-order valence-corrected chi connectivity index (χ3v) is 7.08. The van der Waals surface area contributed by atoms with Crippen LogP contribution in [0.3, 0.4) is 0 Å². The predicted molar refractivity (Wildman–Crippen MR) is 153 cm³/mol. The van der Waals surface area contributed by atoms with E-state index in [0.717, 1.165) is 51.7 Å². The molecule has 0 aliphatic carbocycles. The van der Waals surface area contributed by atoms with Gasteiger partial charge in [-0.2, -0.15) is 0 Å². The molecule has 0 amide bonds. The van der Waals surface area contributed by atoms with E-state index in [1.165, 1.54) is 6.07 Å². The van der Waals surface area contributed by atoms with Crippen molar-refractivity contribution in [2.24, 2.45) is 0 Å². The maximum atomic E-state index is 11.5. The van der Waals surface area contributed by atoms with Crippen molar-refractivity contribution in [1.82, 2.24) is 10.3 Å². The molecule has 40 heavy (non-hydrogen) atoms. The highest BCUT2D eigenvalue weighted by molar-refractivity contribution is 6.10. The molecule has 0 radical (unpaired) electrons. The molecular formula is C32H30N2O6. The van der Waals surface area contributed by atoms with E-state index in [1.54, 1.807) is 24.3 Å². The summed E-state index contributed by atoms with van der Waals surface area (Å²) in [7, 11) is 0. The van der Waals surface area contributed by atoms with Gasteiger partial charge in [-0.3, -0.25) is 0 Å². The third kappa shape index (κ3) is 5.45. The van der Waals surface area contributed by atoms with Gasteiger partial charge in [-0.1, -0.05) is 36.4 Å². The van der Waals surface area contributed by atoms with E-state index in [4.69, 9.17) is 14.2 Å². The van der Waals surface area contributed by atoms with Crippen molar-refractivity contribution < 1.29 is 29.2 Å². The van der Waals surface area contributed by atoms with Crippen LogP contribution in [0, 0.1) is 0 Å². The summed E-state index contributed by atoms with van der Waals surface area (Å²) in [5, 5.41) is 25.4. The van der Waals surface area contributed by atoms with Gasteiger partial charge in [0.15, 0.2) is 0 Å². The lowest BCUT2D eigenvalue weighted by Crippen LogP contribution is -2.39. The summed E-state index contributed by atoms with van der Waals surface area (Å²) in [5.41, 5.74) is 3.19. The Morgan fingerprint density at radius 1 is 1.00 bits per heavy atom. The number of carboxylic acid groups (broad SMARTS) is 1. The average molecular weight is 539 g/mol. The largest absolute Gasteiger partial charge is 0.490 e. The molecule has 0 fully saturated rings. The number of rotatable bonds is 10. The lowest BCUT2D eigenvalue weighted by molar-refractivity contribution is 0.0694. The first-order valence-electron chi connectivity index (χ1n) is 13.4. The number of nitrogens with one attached hydrogen (secondary N) is 2. The number of carbonyl (C=O) groups is 1. The molecule has 0 spiro atoms. The van der Waals surface area contributed by atoms with Crippen LogP contribution in [0.25, 0.3) is 21.8 Å². The second-order valence-electron chi connectivity index (χ2n) is 9.92. The minimum Gasteiger partial charge on any atom is -0.490 e. The van der Waals surface area contributed by atoms with Gasteiger partial charge in [0, 0.05) is 29.4 Å². The van der Waals surface area contributed by atoms with Gasteiger partial charge in [0.05, 0.1) is 5.52 Å². The molecule has 0 unspecified atom stereocenters. The smallest absolute Gasteiger partial charge is 0.339 e. The maximum Gasteiger partial charge on any atom is 0.339 e. The van der Waals surface area contributed by atoms with E-state index in [9.17, 15) is 15.0 Å². The van der Waals surface area contributed by atoms with Crippen LogP contribution in [0.15, 0.2) is 84.9 Å². The summed E-state index contributed by atoms with van der Waals surface area (Å²) in [6, 6.07) is 26.1. The van der Waals surface area contributed by atoms with Crippen LogP contribution in [0.5, 0.6) is 23.0 Å². The van der Waals surface area contributed by atoms with Gasteiger partial charge in [-0.15, -0.1) is 0 Å². The topological polar surface area (TPSA) is 113 Å². The highest BCUT2D eigenvalue weighted by atomic mass is 16.5. The second-order valence-corrected chi connectivity index (χ2v) is 9.92. The Morgan fingerprint density at radius 3 is 2.70 bits per heavy atom. The van der Waals surface area contributed by atoms with Crippen LogP contribution >= 0.6 is 0 Å². The molecular weight excluding hydrogens is 508 g/mol.